The van der Waals surface area contributed by atoms with E-state index >= 15 is 0 Å². The van der Waals surface area contributed by atoms with E-state index in [1.807, 2.05) is 48.5 Å². The van der Waals surface area contributed by atoms with Crippen molar-refractivity contribution in [3.8, 4) is 0 Å². The van der Waals surface area contributed by atoms with E-state index in [-0.39, 0.29) is 5.78 Å². The van der Waals surface area contributed by atoms with Crippen molar-refractivity contribution >= 4 is 39.2 Å². The van der Waals surface area contributed by atoms with Crippen LogP contribution in [0.1, 0.15) is 15.9 Å². The average molecular weight is 324 g/mol. The second-order valence-corrected chi connectivity index (χ2v) is 5.87. The maximum atomic E-state index is 12.8. The third kappa shape index (κ3) is 2.76. The normalized spacial score (nSPS) is 11.4. The molecule has 0 saturated carbocycles. The number of carbonyl (C=O) groups is 1. The van der Waals surface area contributed by atoms with Crippen molar-refractivity contribution in [1.82, 2.24) is 4.98 Å². The van der Waals surface area contributed by atoms with Crippen LogP contribution in [0.4, 0.5) is 5.82 Å². The van der Waals surface area contributed by atoms with Gasteiger partial charge < -0.3 is 5.73 Å². The molecule has 1 aromatic heterocycles. The molecule has 25 heavy (non-hydrogen) atoms. The number of hydrogen-bond acceptors (Lipinski definition) is 3. The molecule has 0 bridgehead atoms. The molecule has 0 saturated heterocycles. The first-order valence-electron chi connectivity index (χ1n) is 8.07. The van der Waals surface area contributed by atoms with Crippen LogP contribution >= 0.6 is 0 Å². The predicted octanol–water partition coefficient (Wildman–Crippen LogP) is 4.87. The van der Waals surface area contributed by atoms with Gasteiger partial charge >= 0.3 is 0 Å². The lowest BCUT2D eigenvalue weighted by molar-refractivity contribution is 0.104. The minimum absolute atomic E-state index is 0.0507. The Labute approximate surface area is 145 Å². The number of rotatable bonds is 3. The van der Waals surface area contributed by atoms with Gasteiger partial charge in [-0.2, -0.15) is 0 Å². The van der Waals surface area contributed by atoms with Gasteiger partial charge in [0.05, 0.1) is 0 Å². The molecule has 0 radical (unpaired) electrons. The maximum Gasteiger partial charge on any atom is 0.186 e. The molecule has 120 valence electrons. The molecule has 2 N–H and O–H groups in total. The van der Waals surface area contributed by atoms with E-state index in [0.29, 0.717) is 11.4 Å². The summed E-state index contributed by atoms with van der Waals surface area (Å²) in [5.41, 5.74) is 7.26. The zero-order valence-electron chi connectivity index (χ0n) is 13.5. The third-order valence-electron chi connectivity index (χ3n) is 4.32. The topological polar surface area (TPSA) is 56.0 Å². The van der Waals surface area contributed by atoms with Crippen LogP contribution in [0, 0.1) is 0 Å². The zero-order valence-corrected chi connectivity index (χ0v) is 13.5. The maximum absolute atomic E-state index is 12.8. The van der Waals surface area contributed by atoms with Gasteiger partial charge in [-0.3, -0.25) is 4.79 Å². The quantitative estimate of drug-likeness (QED) is 0.332. The van der Waals surface area contributed by atoms with E-state index in [9.17, 15) is 4.79 Å². The van der Waals surface area contributed by atoms with Crippen LogP contribution in [0.5, 0.6) is 0 Å². The standard InChI is InChI=1S/C22H16N2O/c23-22-15(7-5-13-24-22)11-12-21(25)20-14-16-6-1-2-8-17(16)18-9-3-4-10-19(18)20/h1-14H,(H2,23,24)/b12-11+. The summed E-state index contributed by atoms with van der Waals surface area (Å²) < 4.78 is 0. The Morgan fingerprint density at radius 3 is 2.40 bits per heavy atom. The van der Waals surface area contributed by atoms with Crippen molar-refractivity contribution < 1.29 is 4.79 Å². The summed E-state index contributed by atoms with van der Waals surface area (Å²) in [6.07, 6.45) is 4.91. The molecule has 3 heteroatoms. The number of fused-ring (bicyclic) bond motifs is 3. The van der Waals surface area contributed by atoms with Gasteiger partial charge in [-0.05, 0) is 51.9 Å². The molecule has 4 aromatic rings. The van der Waals surface area contributed by atoms with Crippen LogP contribution in [0.3, 0.4) is 0 Å². The van der Waals surface area contributed by atoms with Gasteiger partial charge in [0, 0.05) is 17.3 Å². The summed E-state index contributed by atoms with van der Waals surface area (Å²) in [4.78, 5) is 16.9. The molecule has 3 aromatic carbocycles. The number of nitrogens with two attached hydrogens (primary N) is 1. The largest absolute Gasteiger partial charge is 0.383 e. The highest BCUT2D eigenvalue weighted by molar-refractivity contribution is 6.21. The lowest BCUT2D eigenvalue weighted by Gasteiger charge is -2.08. The van der Waals surface area contributed by atoms with Crippen molar-refractivity contribution in [2.24, 2.45) is 0 Å². The number of aromatic nitrogens is 1. The molecule has 0 atom stereocenters. The number of allylic oxidation sites excluding steroid dienone is 1. The van der Waals surface area contributed by atoms with E-state index in [1.165, 1.54) is 0 Å². The summed E-state index contributed by atoms with van der Waals surface area (Å²) in [6, 6.07) is 21.7. The highest BCUT2D eigenvalue weighted by atomic mass is 16.1. The van der Waals surface area contributed by atoms with E-state index in [0.717, 1.165) is 27.1 Å². The SMILES string of the molecule is Nc1ncccc1/C=C/C(=O)c1cc2ccccc2c2ccccc12. The Morgan fingerprint density at radius 1 is 0.880 bits per heavy atom. The molecule has 0 aliphatic heterocycles. The fourth-order valence-electron chi connectivity index (χ4n) is 3.08. The van der Waals surface area contributed by atoms with Gasteiger partial charge in [-0.25, -0.2) is 4.98 Å². The molecular formula is C22H16N2O. The summed E-state index contributed by atoms with van der Waals surface area (Å²) in [5.74, 6) is 0.361. The van der Waals surface area contributed by atoms with Crippen LogP contribution in [-0.4, -0.2) is 10.8 Å². The van der Waals surface area contributed by atoms with Crippen LogP contribution < -0.4 is 5.73 Å². The molecule has 0 spiro atoms. The zero-order chi connectivity index (χ0) is 17.2. The smallest absolute Gasteiger partial charge is 0.186 e. The minimum atomic E-state index is -0.0507. The van der Waals surface area contributed by atoms with Gasteiger partial charge in [-0.15, -0.1) is 0 Å². The molecule has 0 unspecified atom stereocenters. The van der Waals surface area contributed by atoms with Crippen LogP contribution in [0.25, 0.3) is 27.6 Å². The van der Waals surface area contributed by atoms with Crippen molar-refractivity contribution in [2.75, 3.05) is 5.73 Å². The molecule has 4 rings (SSSR count). The lowest BCUT2D eigenvalue weighted by Crippen LogP contribution is -1.97. The molecule has 0 fully saturated rings. The Hall–Kier alpha value is -3.46. The number of pyridine rings is 1. The molecular weight excluding hydrogens is 308 g/mol. The summed E-state index contributed by atoms with van der Waals surface area (Å²) in [6.45, 7) is 0. The van der Waals surface area contributed by atoms with Crippen molar-refractivity contribution in [1.29, 1.82) is 0 Å². The number of carbonyl (C=O) groups excluding carboxylic acids is 1. The second-order valence-electron chi connectivity index (χ2n) is 5.87. The highest BCUT2D eigenvalue weighted by Gasteiger charge is 2.10. The molecule has 0 aliphatic carbocycles. The van der Waals surface area contributed by atoms with Crippen molar-refractivity contribution in [2.45, 2.75) is 0 Å². The van der Waals surface area contributed by atoms with Gasteiger partial charge in [0.25, 0.3) is 0 Å². The molecule has 0 aliphatic rings. The van der Waals surface area contributed by atoms with Crippen molar-refractivity contribution in [3.05, 3.63) is 90.1 Å². The second kappa shape index (κ2) is 6.21. The lowest BCUT2D eigenvalue weighted by atomic mass is 9.95. The van der Waals surface area contributed by atoms with Crippen molar-refractivity contribution in [3.63, 3.8) is 0 Å². The monoisotopic (exact) mass is 324 g/mol. The van der Waals surface area contributed by atoms with E-state index in [2.05, 4.69) is 17.1 Å². The Kier molecular flexibility index (Phi) is 3.75. The fourth-order valence-corrected chi connectivity index (χ4v) is 3.08. The summed E-state index contributed by atoms with van der Waals surface area (Å²) in [7, 11) is 0. The fraction of sp³-hybridized carbons (Fsp3) is 0. The third-order valence-corrected chi connectivity index (χ3v) is 4.32. The van der Waals surface area contributed by atoms with Crippen LogP contribution in [-0.2, 0) is 0 Å². The summed E-state index contributed by atoms with van der Waals surface area (Å²) >= 11 is 0. The number of ketones is 1. The van der Waals surface area contributed by atoms with Crippen LogP contribution in [0.2, 0.25) is 0 Å². The number of nitrogens with zero attached hydrogens (tertiary/aromatic N) is 1. The van der Waals surface area contributed by atoms with E-state index in [4.69, 9.17) is 5.73 Å². The van der Waals surface area contributed by atoms with Gasteiger partial charge in [0.2, 0.25) is 0 Å². The van der Waals surface area contributed by atoms with E-state index < -0.39 is 0 Å². The number of nitrogen functional groups attached to an aromatic ring is 1. The van der Waals surface area contributed by atoms with Gasteiger partial charge in [0.15, 0.2) is 5.78 Å². The first kappa shape index (κ1) is 15.1. The minimum Gasteiger partial charge on any atom is -0.383 e. The molecule has 3 nitrogen and oxygen atoms in total. The Morgan fingerprint density at radius 2 is 1.60 bits per heavy atom. The Bertz CT molecular complexity index is 1130. The highest BCUT2D eigenvalue weighted by Crippen LogP contribution is 2.29. The van der Waals surface area contributed by atoms with Gasteiger partial charge in [0.1, 0.15) is 5.82 Å². The first-order chi connectivity index (χ1) is 12.2. The number of anilines is 1. The first-order valence-corrected chi connectivity index (χ1v) is 8.07. The number of hydrogen-bond donors (Lipinski definition) is 1. The van der Waals surface area contributed by atoms with E-state index in [1.54, 1.807) is 24.4 Å². The predicted molar refractivity (Wildman–Crippen MR) is 103 cm³/mol. The number of benzene rings is 3. The molecule has 1 heterocycles. The Balaban J connectivity index is 1.85. The molecule has 0 amide bonds. The van der Waals surface area contributed by atoms with Crippen LogP contribution in [0.15, 0.2) is 79.0 Å². The average Bonchev–Trinajstić information content (AvgIpc) is 2.66. The van der Waals surface area contributed by atoms with Gasteiger partial charge in [-0.1, -0.05) is 48.5 Å². The summed E-state index contributed by atoms with van der Waals surface area (Å²) in [5, 5.41) is 4.24.